The second-order valence-corrected chi connectivity index (χ2v) is 4.70. The van der Waals surface area contributed by atoms with Gasteiger partial charge >= 0.3 is 0 Å². The fourth-order valence-corrected chi connectivity index (χ4v) is 2.32. The Labute approximate surface area is 97.5 Å². The van der Waals surface area contributed by atoms with Crippen LogP contribution in [-0.4, -0.2) is 16.3 Å². The largest absolute Gasteiger partial charge is 0.382 e. The second kappa shape index (κ2) is 4.73. The highest BCUT2D eigenvalue weighted by Crippen LogP contribution is 2.22. The molecule has 0 saturated heterocycles. The SMILES string of the molecule is Cc1nn(C)c(C)c1NCC1CC=CCC1. The fraction of sp³-hybridized carbons (Fsp3) is 0.615. The summed E-state index contributed by atoms with van der Waals surface area (Å²) in [6, 6.07) is 0. The average molecular weight is 219 g/mol. The fourth-order valence-electron chi connectivity index (χ4n) is 2.32. The third-order valence-electron chi connectivity index (χ3n) is 3.45. The summed E-state index contributed by atoms with van der Waals surface area (Å²) in [5, 5.41) is 7.97. The van der Waals surface area contributed by atoms with Gasteiger partial charge in [0.1, 0.15) is 0 Å². The van der Waals surface area contributed by atoms with Crippen molar-refractivity contribution in [2.24, 2.45) is 13.0 Å². The molecule has 0 saturated carbocycles. The Morgan fingerprint density at radius 3 is 2.81 bits per heavy atom. The molecule has 0 spiro atoms. The van der Waals surface area contributed by atoms with Crippen LogP contribution in [0.4, 0.5) is 5.69 Å². The molecule has 1 aliphatic rings. The number of rotatable bonds is 3. The summed E-state index contributed by atoms with van der Waals surface area (Å²) in [6.07, 6.45) is 8.35. The maximum Gasteiger partial charge on any atom is 0.0827 e. The molecule has 1 aliphatic carbocycles. The summed E-state index contributed by atoms with van der Waals surface area (Å²) in [5.74, 6) is 0.781. The van der Waals surface area contributed by atoms with Gasteiger partial charge in [-0.25, -0.2) is 0 Å². The lowest BCUT2D eigenvalue weighted by atomic mass is 9.94. The van der Waals surface area contributed by atoms with E-state index in [0.29, 0.717) is 0 Å². The lowest BCUT2D eigenvalue weighted by molar-refractivity contribution is 0.504. The number of nitrogens with zero attached hydrogens (tertiary/aromatic N) is 2. The van der Waals surface area contributed by atoms with Gasteiger partial charge in [-0.3, -0.25) is 4.68 Å². The summed E-state index contributed by atoms with van der Waals surface area (Å²) in [4.78, 5) is 0. The second-order valence-electron chi connectivity index (χ2n) is 4.70. The van der Waals surface area contributed by atoms with Crippen LogP contribution < -0.4 is 5.32 Å². The van der Waals surface area contributed by atoms with Crippen molar-refractivity contribution in [1.82, 2.24) is 9.78 Å². The van der Waals surface area contributed by atoms with Gasteiger partial charge < -0.3 is 5.32 Å². The maximum atomic E-state index is 4.41. The van der Waals surface area contributed by atoms with Crippen LogP contribution in [0, 0.1) is 19.8 Å². The Balaban J connectivity index is 1.96. The minimum Gasteiger partial charge on any atom is -0.382 e. The Morgan fingerprint density at radius 2 is 2.25 bits per heavy atom. The van der Waals surface area contributed by atoms with Crippen LogP contribution in [-0.2, 0) is 7.05 Å². The number of hydrogen-bond donors (Lipinski definition) is 1. The molecule has 1 N–H and O–H groups in total. The summed E-state index contributed by atoms with van der Waals surface area (Å²) in [5.41, 5.74) is 3.55. The number of allylic oxidation sites excluding steroid dienone is 2. The van der Waals surface area contributed by atoms with E-state index in [0.717, 1.165) is 18.2 Å². The molecule has 0 aliphatic heterocycles. The zero-order valence-electron chi connectivity index (χ0n) is 10.5. The number of aromatic nitrogens is 2. The average Bonchev–Trinajstić information content (AvgIpc) is 2.53. The third-order valence-corrected chi connectivity index (χ3v) is 3.45. The molecule has 0 bridgehead atoms. The third kappa shape index (κ3) is 2.29. The van der Waals surface area contributed by atoms with Crippen molar-refractivity contribution in [1.29, 1.82) is 0 Å². The van der Waals surface area contributed by atoms with Gasteiger partial charge in [-0.2, -0.15) is 5.10 Å². The standard InChI is InChI=1S/C13H21N3/c1-10-13(11(2)16(3)15-10)14-9-12-7-5-4-6-8-12/h4-5,12,14H,6-9H2,1-3H3. The Hall–Kier alpha value is -1.25. The molecule has 3 heteroatoms. The predicted octanol–water partition coefficient (Wildman–Crippen LogP) is 2.81. The van der Waals surface area contributed by atoms with E-state index in [4.69, 9.17) is 0 Å². The predicted molar refractivity (Wildman–Crippen MR) is 67.7 cm³/mol. The molecule has 1 heterocycles. The van der Waals surface area contributed by atoms with Gasteiger partial charge in [0.25, 0.3) is 0 Å². The summed E-state index contributed by atoms with van der Waals surface area (Å²) in [6.45, 7) is 5.25. The topological polar surface area (TPSA) is 29.9 Å². The highest BCUT2D eigenvalue weighted by molar-refractivity contribution is 5.51. The lowest BCUT2D eigenvalue weighted by Gasteiger charge is -2.18. The van der Waals surface area contributed by atoms with Crippen molar-refractivity contribution in [2.45, 2.75) is 33.1 Å². The monoisotopic (exact) mass is 219 g/mol. The molecular weight excluding hydrogens is 198 g/mol. The number of hydrogen-bond acceptors (Lipinski definition) is 2. The summed E-state index contributed by atoms with van der Waals surface area (Å²) in [7, 11) is 2.00. The molecule has 2 rings (SSSR count). The minimum atomic E-state index is 0.781. The molecule has 0 fully saturated rings. The molecule has 1 aromatic rings. The molecule has 0 aromatic carbocycles. The van der Waals surface area contributed by atoms with Gasteiger partial charge in [-0.1, -0.05) is 12.2 Å². The molecular formula is C13H21N3. The molecule has 0 radical (unpaired) electrons. The molecule has 1 unspecified atom stereocenters. The van der Waals surface area contributed by atoms with Crippen molar-refractivity contribution in [2.75, 3.05) is 11.9 Å². The normalized spacial score (nSPS) is 20.1. The number of nitrogens with one attached hydrogen (secondary N) is 1. The maximum absolute atomic E-state index is 4.41. The zero-order chi connectivity index (χ0) is 11.5. The van der Waals surface area contributed by atoms with Crippen molar-refractivity contribution >= 4 is 5.69 Å². The van der Waals surface area contributed by atoms with E-state index in [1.807, 2.05) is 11.7 Å². The van der Waals surface area contributed by atoms with Crippen LogP contribution in [0.15, 0.2) is 12.2 Å². The van der Waals surface area contributed by atoms with Crippen molar-refractivity contribution in [3.05, 3.63) is 23.5 Å². The van der Waals surface area contributed by atoms with Gasteiger partial charge in [0.15, 0.2) is 0 Å². The zero-order valence-corrected chi connectivity index (χ0v) is 10.5. The van der Waals surface area contributed by atoms with E-state index in [2.05, 4.69) is 36.4 Å². The van der Waals surface area contributed by atoms with E-state index in [-0.39, 0.29) is 0 Å². The molecule has 88 valence electrons. The van der Waals surface area contributed by atoms with Gasteiger partial charge in [0.05, 0.1) is 17.1 Å². The molecule has 1 aromatic heterocycles. The van der Waals surface area contributed by atoms with Crippen LogP contribution in [0.3, 0.4) is 0 Å². The van der Waals surface area contributed by atoms with Gasteiger partial charge in [0.2, 0.25) is 0 Å². The van der Waals surface area contributed by atoms with E-state index in [1.54, 1.807) is 0 Å². The van der Waals surface area contributed by atoms with Crippen molar-refractivity contribution < 1.29 is 0 Å². The van der Waals surface area contributed by atoms with Crippen molar-refractivity contribution in [3.8, 4) is 0 Å². The van der Waals surface area contributed by atoms with Crippen LogP contribution in [0.1, 0.15) is 30.7 Å². The summed E-state index contributed by atoms with van der Waals surface area (Å²) < 4.78 is 1.94. The molecule has 1 atom stereocenters. The summed E-state index contributed by atoms with van der Waals surface area (Å²) >= 11 is 0. The van der Waals surface area contributed by atoms with Gasteiger partial charge in [-0.15, -0.1) is 0 Å². The Morgan fingerprint density at radius 1 is 1.44 bits per heavy atom. The molecule has 16 heavy (non-hydrogen) atoms. The van der Waals surface area contributed by atoms with Crippen molar-refractivity contribution in [3.63, 3.8) is 0 Å². The number of aryl methyl sites for hydroxylation is 2. The smallest absolute Gasteiger partial charge is 0.0827 e. The van der Waals surface area contributed by atoms with Crippen LogP contribution in [0.2, 0.25) is 0 Å². The van der Waals surface area contributed by atoms with Crippen LogP contribution in [0.5, 0.6) is 0 Å². The Bertz CT molecular complexity index is 390. The van der Waals surface area contributed by atoms with E-state index >= 15 is 0 Å². The van der Waals surface area contributed by atoms with Crippen LogP contribution >= 0.6 is 0 Å². The first-order valence-corrected chi connectivity index (χ1v) is 6.07. The number of anilines is 1. The first-order chi connectivity index (χ1) is 7.68. The quantitative estimate of drug-likeness (QED) is 0.792. The van der Waals surface area contributed by atoms with Gasteiger partial charge in [-0.05, 0) is 39.0 Å². The molecule has 0 amide bonds. The highest BCUT2D eigenvalue weighted by Gasteiger charge is 2.13. The first kappa shape index (κ1) is 11.2. The molecule has 3 nitrogen and oxygen atoms in total. The van der Waals surface area contributed by atoms with E-state index in [1.165, 1.54) is 30.6 Å². The lowest BCUT2D eigenvalue weighted by Crippen LogP contribution is -2.16. The van der Waals surface area contributed by atoms with E-state index < -0.39 is 0 Å². The van der Waals surface area contributed by atoms with Crippen LogP contribution in [0.25, 0.3) is 0 Å². The van der Waals surface area contributed by atoms with E-state index in [9.17, 15) is 0 Å². The minimum absolute atomic E-state index is 0.781. The first-order valence-electron chi connectivity index (χ1n) is 6.07. The Kier molecular flexibility index (Phi) is 3.32. The highest BCUT2D eigenvalue weighted by atomic mass is 15.3. The van der Waals surface area contributed by atoms with Gasteiger partial charge in [0, 0.05) is 13.6 Å².